The maximum absolute atomic E-state index is 12.2. The highest BCUT2D eigenvalue weighted by Gasteiger charge is 2.21. The summed E-state index contributed by atoms with van der Waals surface area (Å²) < 4.78 is 0. The highest BCUT2D eigenvalue weighted by Crippen LogP contribution is 2.45. The largest absolute Gasteiger partial charge is 0.350 e. The van der Waals surface area contributed by atoms with Crippen molar-refractivity contribution < 1.29 is 4.92 Å². The number of nitrogens with one attached hydrogen (secondary N) is 1. The Hall–Kier alpha value is -5.22. The average Bonchev–Trinajstić information content (AvgIpc) is 3.00. The molecule has 0 radical (unpaired) electrons. The summed E-state index contributed by atoms with van der Waals surface area (Å²) in [6, 6.07) is 37.3. The Labute approximate surface area is 232 Å². The minimum Gasteiger partial charge on any atom is -0.350 e. The molecular weight excluding hydrogens is 492 g/mol. The normalized spacial score (nSPS) is 13.1. The van der Waals surface area contributed by atoms with Crippen LogP contribution in [0.1, 0.15) is 12.8 Å². The lowest BCUT2D eigenvalue weighted by Crippen LogP contribution is -2.03. The van der Waals surface area contributed by atoms with Gasteiger partial charge in [-0.25, -0.2) is 0 Å². The molecule has 0 heterocycles. The number of nitro benzene ring substituents is 1. The third kappa shape index (κ3) is 4.11. The van der Waals surface area contributed by atoms with E-state index in [1.807, 2.05) is 30.3 Å². The molecule has 6 aromatic carbocycles. The van der Waals surface area contributed by atoms with Crippen molar-refractivity contribution in [2.75, 3.05) is 5.32 Å². The molecule has 1 aliphatic rings. The Balaban J connectivity index is 1.48. The Morgan fingerprint density at radius 3 is 1.80 bits per heavy atom. The van der Waals surface area contributed by atoms with Gasteiger partial charge in [0.1, 0.15) is 5.69 Å². The molecule has 0 atom stereocenters. The van der Waals surface area contributed by atoms with Gasteiger partial charge < -0.3 is 5.32 Å². The number of benzene rings is 6. The van der Waals surface area contributed by atoms with Gasteiger partial charge in [0, 0.05) is 11.8 Å². The van der Waals surface area contributed by atoms with Crippen LogP contribution in [0.2, 0.25) is 0 Å². The summed E-state index contributed by atoms with van der Waals surface area (Å²) in [5.41, 5.74) is 5.58. The molecule has 1 aliphatic carbocycles. The van der Waals surface area contributed by atoms with Crippen LogP contribution < -0.4 is 5.32 Å². The van der Waals surface area contributed by atoms with Crippen molar-refractivity contribution in [1.29, 1.82) is 0 Å². The van der Waals surface area contributed by atoms with E-state index in [1.54, 1.807) is 6.07 Å². The summed E-state index contributed by atoms with van der Waals surface area (Å²) in [5, 5.41) is 22.3. The molecule has 7 rings (SSSR count). The molecule has 0 unspecified atom stereocenters. The van der Waals surface area contributed by atoms with Crippen molar-refractivity contribution in [2.24, 2.45) is 0 Å². The minimum absolute atomic E-state index is 0.0594. The van der Waals surface area contributed by atoms with Crippen LogP contribution >= 0.6 is 0 Å². The lowest BCUT2D eigenvalue weighted by Gasteiger charge is -2.18. The van der Waals surface area contributed by atoms with Crippen molar-refractivity contribution in [3.8, 4) is 22.3 Å². The first-order valence-electron chi connectivity index (χ1n) is 13.5. The molecule has 0 spiro atoms. The van der Waals surface area contributed by atoms with Crippen LogP contribution in [0.4, 0.5) is 11.4 Å². The van der Waals surface area contributed by atoms with E-state index in [4.69, 9.17) is 0 Å². The van der Waals surface area contributed by atoms with E-state index in [-0.39, 0.29) is 10.6 Å². The van der Waals surface area contributed by atoms with Crippen LogP contribution in [0.3, 0.4) is 0 Å². The fourth-order valence-electron chi connectivity index (χ4n) is 5.90. The molecule has 40 heavy (non-hydrogen) atoms. The zero-order chi connectivity index (χ0) is 27.1. The Morgan fingerprint density at radius 2 is 1.20 bits per heavy atom. The Kier molecular flexibility index (Phi) is 5.86. The van der Waals surface area contributed by atoms with E-state index in [2.05, 4.69) is 96.3 Å². The van der Waals surface area contributed by atoms with Crippen molar-refractivity contribution in [3.05, 3.63) is 143 Å². The monoisotopic (exact) mass is 518 g/mol. The van der Waals surface area contributed by atoms with Crippen molar-refractivity contribution >= 4 is 43.7 Å². The van der Waals surface area contributed by atoms with Gasteiger partial charge in [0.25, 0.3) is 5.69 Å². The zero-order valence-electron chi connectivity index (χ0n) is 21.8. The van der Waals surface area contributed by atoms with Gasteiger partial charge in [-0.1, -0.05) is 103 Å². The molecule has 0 saturated carbocycles. The van der Waals surface area contributed by atoms with Gasteiger partial charge >= 0.3 is 0 Å². The maximum atomic E-state index is 12.2. The summed E-state index contributed by atoms with van der Waals surface area (Å²) >= 11 is 0. The SMILES string of the molecule is O=[N+]([O-])c1cc(-c2c3ccccc3c(-c3ccc4ccccc4c3)c3ccccc23)ccc1NC1=CCCC=C1. The molecule has 0 amide bonds. The lowest BCUT2D eigenvalue weighted by molar-refractivity contribution is -0.383. The number of anilines is 1. The molecule has 4 heteroatoms. The van der Waals surface area contributed by atoms with Crippen LogP contribution in [-0.4, -0.2) is 4.92 Å². The van der Waals surface area contributed by atoms with Crippen molar-refractivity contribution in [1.82, 2.24) is 0 Å². The number of nitrogens with zero attached hydrogens (tertiary/aromatic N) is 1. The van der Waals surface area contributed by atoms with Gasteiger partial charge in [-0.3, -0.25) is 10.1 Å². The fourth-order valence-corrected chi connectivity index (χ4v) is 5.90. The quantitative estimate of drug-likeness (QED) is 0.140. The van der Waals surface area contributed by atoms with Crippen LogP contribution in [0.25, 0.3) is 54.6 Å². The van der Waals surface area contributed by atoms with E-state index in [0.29, 0.717) is 5.69 Å². The maximum Gasteiger partial charge on any atom is 0.293 e. The molecule has 1 N–H and O–H groups in total. The minimum atomic E-state index is -0.299. The predicted octanol–water partition coefficient (Wildman–Crippen LogP) is 10.0. The second-order valence-electron chi connectivity index (χ2n) is 10.2. The third-order valence-corrected chi connectivity index (χ3v) is 7.73. The van der Waals surface area contributed by atoms with Crippen LogP contribution in [-0.2, 0) is 0 Å². The van der Waals surface area contributed by atoms with Crippen molar-refractivity contribution in [3.63, 3.8) is 0 Å². The third-order valence-electron chi connectivity index (χ3n) is 7.73. The van der Waals surface area contributed by atoms with Crippen molar-refractivity contribution in [2.45, 2.75) is 12.8 Å². The molecule has 4 nitrogen and oxygen atoms in total. The Morgan fingerprint density at radius 1 is 0.625 bits per heavy atom. The highest BCUT2D eigenvalue weighted by molar-refractivity contribution is 6.21. The second-order valence-corrected chi connectivity index (χ2v) is 10.2. The van der Waals surface area contributed by atoms with Gasteiger partial charge in [-0.2, -0.15) is 0 Å². The first-order valence-corrected chi connectivity index (χ1v) is 13.5. The van der Waals surface area contributed by atoms with E-state index in [0.717, 1.165) is 56.8 Å². The number of allylic oxidation sites excluding steroid dienone is 3. The first-order chi connectivity index (χ1) is 19.7. The summed E-state index contributed by atoms with van der Waals surface area (Å²) in [5.74, 6) is 0. The number of fused-ring (bicyclic) bond motifs is 3. The van der Waals surface area contributed by atoms with E-state index in [9.17, 15) is 10.1 Å². The fraction of sp³-hybridized carbons (Fsp3) is 0.0556. The lowest BCUT2D eigenvalue weighted by atomic mass is 9.85. The summed E-state index contributed by atoms with van der Waals surface area (Å²) in [6.07, 6.45) is 8.05. The standard InChI is InChI=1S/C36H26N2O2/c39-38(40)34-23-27(20-21-33(34)37-28-12-2-1-3-13-28)36-31-16-8-6-14-29(31)35(30-15-7-9-17-32(30)36)26-19-18-24-10-4-5-11-25(24)22-26/h2,4-23,37H,1,3H2. The van der Waals surface area contributed by atoms with E-state index < -0.39 is 0 Å². The summed E-state index contributed by atoms with van der Waals surface area (Å²) in [4.78, 5) is 11.9. The predicted molar refractivity (Wildman–Crippen MR) is 167 cm³/mol. The molecule has 192 valence electrons. The van der Waals surface area contributed by atoms with Gasteiger partial charge in [0.2, 0.25) is 0 Å². The number of hydrogen-bond acceptors (Lipinski definition) is 3. The Bertz CT molecular complexity index is 1960. The van der Waals surface area contributed by atoms with Gasteiger partial charge in [-0.15, -0.1) is 0 Å². The number of nitro groups is 1. The smallest absolute Gasteiger partial charge is 0.293 e. The summed E-state index contributed by atoms with van der Waals surface area (Å²) in [6.45, 7) is 0. The first kappa shape index (κ1) is 23.9. The average molecular weight is 519 g/mol. The van der Waals surface area contributed by atoms with Gasteiger partial charge in [0.05, 0.1) is 4.92 Å². The number of hydrogen-bond donors (Lipinski definition) is 1. The molecule has 0 fully saturated rings. The highest BCUT2D eigenvalue weighted by atomic mass is 16.6. The molecule has 0 saturated heterocycles. The molecule has 6 aromatic rings. The molecule has 0 aromatic heterocycles. The van der Waals surface area contributed by atoms with Gasteiger partial charge in [-0.05, 0) is 85.6 Å². The molecular formula is C36H26N2O2. The van der Waals surface area contributed by atoms with Crippen LogP contribution in [0, 0.1) is 10.1 Å². The number of rotatable bonds is 5. The second kappa shape index (κ2) is 9.83. The van der Waals surface area contributed by atoms with Crippen LogP contribution in [0.5, 0.6) is 0 Å². The molecule has 0 bridgehead atoms. The van der Waals surface area contributed by atoms with E-state index >= 15 is 0 Å². The van der Waals surface area contributed by atoms with Gasteiger partial charge in [0.15, 0.2) is 0 Å². The molecule has 0 aliphatic heterocycles. The topological polar surface area (TPSA) is 55.2 Å². The van der Waals surface area contributed by atoms with Crippen LogP contribution in [0.15, 0.2) is 133 Å². The van der Waals surface area contributed by atoms with E-state index in [1.165, 1.54) is 16.3 Å². The summed E-state index contributed by atoms with van der Waals surface area (Å²) in [7, 11) is 0. The zero-order valence-corrected chi connectivity index (χ0v) is 21.8.